The average molecular weight is 450 g/mol. The normalized spacial score (nSPS) is 10.8. The smallest absolute Gasteiger partial charge is 0.0682 e. The summed E-state index contributed by atoms with van der Waals surface area (Å²) in [6.45, 7) is 0. The summed E-state index contributed by atoms with van der Waals surface area (Å²) in [5.41, 5.74) is 5.78. The van der Waals surface area contributed by atoms with E-state index >= 15 is 0 Å². The zero-order chi connectivity index (χ0) is 20.3. The highest BCUT2D eigenvalue weighted by atomic mass is 79.9. The number of halogens is 1. The van der Waals surface area contributed by atoms with Gasteiger partial charge in [0.2, 0.25) is 0 Å². The van der Waals surface area contributed by atoms with E-state index in [1.54, 1.807) is 0 Å². The van der Waals surface area contributed by atoms with E-state index in [4.69, 9.17) is 0 Å². The molecule has 0 aliphatic heterocycles. The summed E-state index contributed by atoms with van der Waals surface area (Å²) in [4.78, 5) is 2.36. The summed E-state index contributed by atoms with van der Waals surface area (Å²) in [6, 6.07) is 42.6. The Hall–Kier alpha value is -3.36. The molecule has 2 heteroatoms. The lowest BCUT2D eigenvalue weighted by Gasteiger charge is -2.30. The highest BCUT2D eigenvalue weighted by Crippen LogP contribution is 2.46. The summed E-state index contributed by atoms with van der Waals surface area (Å²) in [5, 5.41) is 2.45. The van der Waals surface area contributed by atoms with Crippen LogP contribution in [0.15, 0.2) is 126 Å². The predicted molar refractivity (Wildman–Crippen MR) is 132 cm³/mol. The van der Waals surface area contributed by atoms with Crippen molar-refractivity contribution in [1.82, 2.24) is 0 Å². The Morgan fingerprint density at radius 1 is 0.533 bits per heavy atom. The minimum Gasteiger partial charge on any atom is -0.308 e. The Kier molecular flexibility index (Phi) is 5.08. The Labute approximate surface area is 185 Å². The maximum Gasteiger partial charge on any atom is 0.0682 e. The molecule has 30 heavy (non-hydrogen) atoms. The first-order chi connectivity index (χ1) is 14.8. The van der Waals surface area contributed by atoms with Crippen molar-refractivity contribution in [3.63, 3.8) is 0 Å². The van der Waals surface area contributed by atoms with Crippen molar-refractivity contribution in [3.8, 4) is 11.1 Å². The Morgan fingerprint density at radius 2 is 1.17 bits per heavy atom. The van der Waals surface area contributed by atoms with Crippen molar-refractivity contribution in [1.29, 1.82) is 0 Å². The van der Waals surface area contributed by atoms with Crippen LogP contribution in [0.1, 0.15) is 0 Å². The zero-order valence-electron chi connectivity index (χ0n) is 16.4. The Morgan fingerprint density at radius 3 is 1.97 bits per heavy atom. The average Bonchev–Trinajstić information content (AvgIpc) is 2.82. The van der Waals surface area contributed by atoms with Gasteiger partial charge in [0.05, 0.1) is 11.4 Å². The summed E-state index contributed by atoms with van der Waals surface area (Å²) in [5.74, 6) is 0. The van der Waals surface area contributed by atoms with E-state index in [1.807, 2.05) is 0 Å². The number of rotatable bonds is 4. The van der Waals surface area contributed by atoms with Crippen molar-refractivity contribution in [2.45, 2.75) is 0 Å². The van der Waals surface area contributed by atoms with Gasteiger partial charge in [-0.25, -0.2) is 0 Å². The second-order valence-corrected chi connectivity index (χ2v) is 8.03. The van der Waals surface area contributed by atoms with Crippen molar-refractivity contribution >= 4 is 43.8 Å². The van der Waals surface area contributed by atoms with Gasteiger partial charge in [0, 0.05) is 21.1 Å². The van der Waals surface area contributed by atoms with Gasteiger partial charge in [0.25, 0.3) is 0 Å². The van der Waals surface area contributed by atoms with Gasteiger partial charge in [-0.3, -0.25) is 0 Å². The predicted octanol–water partition coefficient (Wildman–Crippen LogP) is 8.74. The molecule has 0 saturated heterocycles. The van der Waals surface area contributed by atoms with Gasteiger partial charge in [0.15, 0.2) is 0 Å². The standard InChI is InChI=1S/C28H20BrN/c29-26-19-10-18-25(22-11-3-1-4-12-22)28(26)30(23-15-5-2-6-16-23)27-20-9-14-21-13-7-8-17-24(21)27/h1-20H. The first-order valence-electron chi connectivity index (χ1n) is 10.00. The molecule has 1 nitrogen and oxygen atoms in total. The minimum atomic E-state index is 1.06. The molecule has 0 amide bonds. The highest BCUT2D eigenvalue weighted by molar-refractivity contribution is 9.10. The lowest BCUT2D eigenvalue weighted by Crippen LogP contribution is -2.12. The van der Waals surface area contributed by atoms with Crippen LogP contribution < -0.4 is 4.90 Å². The molecule has 144 valence electrons. The van der Waals surface area contributed by atoms with Crippen molar-refractivity contribution in [3.05, 3.63) is 126 Å². The van der Waals surface area contributed by atoms with E-state index in [1.165, 1.54) is 21.9 Å². The molecule has 5 aromatic rings. The van der Waals surface area contributed by atoms with Gasteiger partial charge < -0.3 is 4.90 Å². The monoisotopic (exact) mass is 449 g/mol. The van der Waals surface area contributed by atoms with Crippen molar-refractivity contribution < 1.29 is 0 Å². The second-order valence-electron chi connectivity index (χ2n) is 7.17. The molecule has 0 bridgehead atoms. The number of hydrogen-bond acceptors (Lipinski definition) is 1. The van der Waals surface area contributed by atoms with Gasteiger partial charge in [-0.2, -0.15) is 0 Å². The lowest BCUT2D eigenvalue weighted by atomic mass is 10.0. The topological polar surface area (TPSA) is 3.24 Å². The molecule has 0 aliphatic rings. The maximum atomic E-state index is 3.86. The maximum absolute atomic E-state index is 3.86. The van der Waals surface area contributed by atoms with E-state index in [-0.39, 0.29) is 0 Å². The van der Waals surface area contributed by atoms with Gasteiger partial charge in [-0.15, -0.1) is 0 Å². The van der Waals surface area contributed by atoms with E-state index in [9.17, 15) is 0 Å². The van der Waals surface area contributed by atoms with E-state index in [0.29, 0.717) is 0 Å². The van der Waals surface area contributed by atoms with Crippen LogP contribution in [-0.4, -0.2) is 0 Å². The summed E-state index contributed by atoms with van der Waals surface area (Å²) in [6.07, 6.45) is 0. The molecule has 0 spiro atoms. The minimum absolute atomic E-state index is 1.06. The third-order valence-corrected chi connectivity index (χ3v) is 5.96. The van der Waals surface area contributed by atoms with Gasteiger partial charge >= 0.3 is 0 Å². The number of nitrogens with zero attached hydrogens (tertiary/aromatic N) is 1. The highest BCUT2D eigenvalue weighted by Gasteiger charge is 2.21. The zero-order valence-corrected chi connectivity index (χ0v) is 18.0. The van der Waals surface area contributed by atoms with Crippen LogP contribution in [0.4, 0.5) is 17.1 Å². The van der Waals surface area contributed by atoms with Crippen LogP contribution in [0, 0.1) is 0 Å². The molecule has 0 unspecified atom stereocenters. The number of fused-ring (bicyclic) bond motifs is 1. The third kappa shape index (κ3) is 3.40. The SMILES string of the molecule is Brc1cccc(-c2ccccc2)c1N(c1ccccc1)c1cccc2ccccc12. The van der Waals surface area contributed by atoms with Crippen LogP contribution in [0.25, 0.3) is 21.9 Å². The largest absolute Gasteiger partial charge is 0.308 e. The van der Waals surface area contributed by atoms with Crippen LogP contribution in [0.5, 0.6) is 0 Å². The lowest BCUT2D eigenvalue weighted by molar-refractivity contribution is 1.29. The molecule has 0 heterocycles. The number of para-hydroxylation sites is 2. The Bertz CT molecular complexity index is 1290. The number of benzene rings is 5. The quantitative estimate of drug-likeness (QED) is 0.265. The molecule has 5 rings (SSSR count). The number of anilines is 3. The second kappa shape index (κ2) is 8.17. The van der Waals surface area contributed by atoms with Gasteiger partial charge in [-0.05, 0) is 51.1 Å². The molecule has 0 aromatic heterocycles. The van der Waals surface area contributed by atoms with Gasteiger partial charge in [0.1, 0.15) is 0 Å². The molecule has 5 aromatic carbocycles. The van der Waals surface area contributed by atoms with Crippen LogP contribution in [0.3, 0.4) is 0 Å². The molecular formula is C28H20BrN. The molecule has 0 aliphatic carbocycles. The van der Waals surface area contributed by atoms with Crippen LogP contribution in [-0.2, 0) is 0 Å². The Balaban J connectivity index is 1.84. The van der Waals surface area contributed by atoms with Crippen molar-refractivity contribution in [2.24, 2.45) is 0 Å². The van der Waals surface area contributed by atoms with Crippen molar-refractivity contribution in [2.75, 3.05) is 4.90 Å². The molecule has 0 fully saturated rings. The van der Waals surface area contributed by atoms with E-state index < -0.39 is 0 Å². The van der Waals surface area contributed by atoms with E-state index in [0.717, 1.165) is 21.5 Å². The molecule has 0 radical (unpaired) electrons. The third-order valence-electron chi connectivity index (χ3n) is 5.32. The summed E-state index contributed by atoms with van der Waals surface area (Å²) in [7, 11) is 0. The van der Waals surface area contributed by atoms with Gasteiger partial charge in [-0.1, -0.05) is 97.1 Å². The fourth-order valence-electron chi connectivity index (χ4n) is 3.96. The fraction of sp³-hybridized carbons (Fsp3) is 0. The first kappa shape index (κ1) is 18.7. The summed E-state index contributed by atoms with van der Waals surface area (Å²) >= 11 is 3.86. The van der Waals surface area contributed by atoms with Crippen LogP contribution >= 0.6 is 15.9 Å². The first-order valence-corrected chi connectivity index (χ1v) is 10.8. The fourth-order valence-corrected chi connectivity index (χ4v) is 4.51. The number of hydrogen-bond donors (Lipinski definition) is 0. The molecule has 0 N–H and O–H groups in total. The molecule has 0 atom stereocenters. The molecule has 0 saturated carbocycles. The van der Waals surface area contributed by atoms with E-state index in [2.05, 4.69) is 142 Å². The molecular weight excluding hydrogens is 430 g/mol. The van der Waals surface area contributed by atoms with Crippen LogP contribution in [0.2, 0.25) is 0 Å². The summed E-state index contributed by atoms with van der Waals surface area (Å²) < 4.78 is 1.06.